The minimum absolute atomic E-state index is 0.945. The van der Waals surface area contributed by atoms with E-state index in [1.165, 1.54) is 11.1 Å². The van der Waals surface area contributed by atoms with E-state index in [4.69, 9.17) is 0 Å². The second-order valence-corrected chi connectivity index (χ2v) is 6.61. The molecule has 3 aromatic rings. The van der Waals surface area contributed by atoms with Crippen LogP contribution in [0.3, 0.4) is 0 Å². The zero-order valence-corrected chi connectivity index (χ0v) is 11.9. The monoisotopic (exact) mass is 306 g/mol. The molecule has 2 heterocycles. The maximum atomic E-state index is 4.63. The molecule has 0 radical (unpaired) electrons. The Labute approximate surface area is 112 Å². The number of fused-ring (bicyclic) bond motifs is 1. The van der Waals surface area contributed by atoms with E-state index in [9.17, 15) is 0 Å². The Kier molecular flexibility index (Phi) is 2.56. The minimum atomic E-state index is 0.945. The van der Waals surface area contributed by atoms with E-state index in [0.29, 0.717) is 0 Å². The van der Waals surface area contributed by atoms with E-state index in [0.717, 1.165) is 25.5 Å². The SMILES string of the molecule is Cc1cc2nc(-c3ccc(Br)s3)[nH]c2cc1C. The highest BCUT2D eigenvalue weighted by Crippen LogP contribution is 2.31. The molecule has 4 heteroatoms. The maximum Gasteiger partial charge on any atom is 0.148 e. The number of H-pyrrole nitrogens is 1. The van der Waals surface area contributed by atoms with Crippen LogP contribution in [0.25, 0.3) is 21.7 Å². The molecule has 0 aliphatic heterocycles. The van der Waals surface area contributed by atoms with E-state index in [1.807, 2.05) is 6.07 Å². The molecule has 86 valence electrons. The number of hydrogen-bond acceptors (Lipinski definition) is 2. The molecule has 0 spiro atoms. The van der Waals surface area contributed by atoms with E-state index >= 15 is 0 Å². The number of aromatic nitrogens is 2. The van der Waals surface area contributed by atoms with Crippen LogP contribution in [0.2, 0.25) is 0 Å². The van der Waals surface area contributed by atoms with Crippen molar-refractivity contribution in [3.63, 3.8) is 0 Å². The van der Waals surface area contributed by atoms with Crippen molar-refractivity contribution in [1.82, 2.24) is 9.97 Å². The number of nitrogens with one attached hydrogen (secondary N) is 1. The number of thiophene rings is 1. The minimum Gasteiger partial charge on any atom is -0.337 e. The standard InChI is InChI=1S/C13H11BrN2S/c1-7-5-9-10(6-8(7)2)16-13(15-9)11-3-4-12(14)17-11/h3-6H,1-2H3,(H,15,16). The number of halogens is 1. The number of rotatable bonds is 1. The van der Waals surface area contributed by atoms with Gasteiger partial charge >= 0.3 is 0 Å². The van der Waals surface area contributed by atoms with Gasteiger partial charge in [0.25, 0.3) is 0 Å². The number of benzene rings is 1. The Hall–Kier alpha value is -1.13. The van der Waals surface area contributed by atoms with Crippen molar-refractivity contribution in [3.05, 3.63) is 39.2 Å². The van der Waals surface area contributed by atoms with Gasteiger partial charge in [-0.25, -0.2) is 4.98 Å². The fraction of sp³-hybridized carbons (Fsp3) is 0.154. The molecule has 1 N–H and O–H groups in total. The molecule has 0 saturated carbocycles. The van der Waals surface area contributed by atoms with Gasteiger partial charge in [0.05, 0.1) is 19.7 Å². The predicted molar refractivity (Wildman–Crippen MR) is 76.6 cm³/mol. The van der Waals surface area contributed by atoms with Crippen LogP contribution in [0, 0.1) is 13.8 Å². The van der Waals surface area contributed by atoms with Gasteiger partial charge < -0.3 is 4.98 Å². The van der Waals surface area contributed by atoms with Crippen LogP contribution in [0.5, 0.6) is 0 Å². The van der Waals surface area contributed by atoms with E-state index < -0.39 is 0 Å². The largest absolute Gasteiger partial charge is 0.337 e. The van der Waals surface area contributed by atoms with Crippen LogP contribution >= 0.6 is 27.3 Å². The van der Waals surface area contributed by atoms with Crippen molar-refractivity contribution in [2.45, 2.75) is 13.8 Å². The van der Waals surface area contributed by atoms with Crippen molar-refractivity contribution in [2.24, 2.45) is 0 Å². The summed E-state index contributed by atoms with van der Waals surface area (Å²) < 4.78 is 1.13. The third kappa shape index (κ3) is 1.91. The molecule has 3 rings (SSSR count). The first kappa shape index (κ1) is 11.0. The maximum absolute atomic E-state index is 4.63. The topological polar surface area (TPSA) is 28.7 Å². The smallest absolute Gasteiger partial charge is 0.148 e. The van der Waals surface area contributed by atoms with Crippen molar-refractivity contribution in [1.29, 1.82) is 0 Å². The Morgan fingerprint density at radius 2 is 1.94 bits per heavy atom. The van der Waals surface area contributed by atoms with Gasteiger partial charge in [0.1, 0.15) is 5.82 Å². The van der Waals surface area contributed by atoms with E-state index in [-0.39, 0.29) is 0 Å². The molecule has 0 amide bonds. The molecule has 17 heavy (non-hydrogen) atoms. The average Bonchev–Trinajstić information content (AvgIpc) is 2.85. The molecule has 0 saturated heterocycles. The number of aromatic amines is 1. The molecule has 0 fully saturated rings. The first-order valence-electron chi connectivity index (χ1n) is 5.36. The molecular weight excluding hydrogens is 296 g/mol. The molecule has 0 atom stereocenters. The lowest BCUT2D eigenvalue weighted by Crippen LogP contribution is -1.79. The van der Waals surface area contributed by atoms with Gasteiger partial charge in [0.2, 0.25) is 0 Å². The van der Waals surface area contributed by atoms with Crippen molar-refractivity contribution in [2.75, 3.05) is 0 Å². The van der Waals surface area contributed by atoms with Gasteiger partial charge in [-0.3, -0.25) is 0 Å². The fourth-order valence-corrected chi connectivity index (χ4v) is 3.16. The zero-order valence-electron chi connectivity index (χ0n) is 9.54. The predicted octanol–water partition coefficient (Wildman–Crippen LogP) is 4.67. The van der Waals surface area contributed by atoms with Gasteiger partial charge in [-0.05, 0) is 65.2 Å². The summed E-state index contributed by atoms with van der Waals surface area (Å²) in [5.41, 5.74) is 4.71. The lowest BCUT2D eigenvalue weighted by molar-refractivity contribution is 1.35. The lowest BCUT2D eigenvalue weighted by Gasteiger charge is -1.97. The van der Waals surface area contributed by atoms with Gasteiger partial charge in [0, 0.05) is 0 Å². The van der Waals surface area contributed by atoms with Gasteiger partial charge in [0.15, 0.2) is 0 Å². The van der Waals surface area contributed by atoms with Gasteiger partial charge in [-0.15, -0.1) is 11.3 Å². The van der Waals surface area contributed by atoms with E-state index in [2.05, 4.69) is 57.9 Å². The third-order valence-electron chi connectivity index (χ3n) is 2.90. The molecule has 2 nitrogen and oxygen atoms in total. The highest BCUT2D eigenvalue weighted by Gasteiger charge is 2.08. The highest BCUT2D eigenvalue weighted by molar-refractivity contribution is 9.11. The Morgan fingerprint density at radius 3 is 2.65 bits per heavy atom. The summed E-state index contributed by atoms with van der Waals surface area (Å²) in [6.45, 7) is 4.24. The van der Waals surface area contributed by atoms with Crippen molar-refractivity contribution >= 4 is 38.3 Å². The molecule has 0 bridgehead atoms. The molecule has 0 aliphatic rings. The van der Waals surface area contributed by atoms with Crippen LogP contribution in [0.15, 0.2) is 28.1 Å². The summed E-state index contributed by atoms with van der Waals surface area (Å²) >= 11 is 5.16. The molecule has 2 aromatic heterocycles. The van der Waals surface area contributed by atoms with E-state index in [1.54, 1.807) is 11.3 Å². The third-order valence-corrected chi connectivity index (χ3v) is 4.53. The first-order valence-corrected chi connectivity index (χ1v) is 6.97. The normalized spacial score (nSPS) is 11.2. The van der Waals surface area contributed by atoms with Crippen molar-refractivity contribution in [3.8, 4) is 10.7 Å². The van der Waals surface area contributed by atoms with Crippen LogP contribution < -0.4 is 0 Å². The highest BCUT2D eigenvalue weighted by atomic mass is 79.9. The summed E-state index contributed by atoms with van der Waals surface area (Å²) in [4.78, 5) is 9.16. The zero-order chi connectivity index (χ0) is 12.0. The molecule has 1 aromatic carbocycles. The summed E-state index contributed by atoms with van der Waals surface area (Å²) in [5.74, 6) is 0.945. The second kappa shape index (κ2) is 3.96. The quantitative estimate of drug-likeness (QED) is 0.695. The number of imidazole rings is 1. The Balaban J connectivity index is 2.19. The second-order valence-electron chi connectivity index (χ2n) is 4.14. The van der Waals surface area contributed by atoms with Crippen LogP contribution in [0.4, 0.5) is 0 Å². The van der Waals surface area contributed by atoms with Crippen LogP contribution in [0.1, 0.15) is 11.1 Å². The summed E-state index contributed by atoms with van der Waals surface area (Å²) in [7, 11) is 0. The van der Waals surface area contributed by atoms with Crippen LogP contribution in [-0.4, -0.2) is 9.97 Å². The summed E-state index contributed by atoms with van der Waals surface area (Å²) in [5, 5.41) is 0. The average molecular weight is 307 g/mol. The number of hydrogen-bond donors (Lipinski definition) is 1. The van der Waals surface area contributed by atoms with Crippen molar-refractivity contribution < 1.29 is 0 Å². The van der Waals surface area contributed by atoms with Gasteiger partial charge in [-0.2, -0.15) is 0 Å². The molecule has 0 unspecified atom stereocenters. The molecule has 0 aliphatic carbocycles. The van der Waals surface area contributed by atoms with Crippen LogP contribution in [-0.2, 0) is 0 Å². The first-order chi connectivity index (χ1) is 8.13. The summed E-state index contributed by atoms with van der Waals surface area (Å²) in [6, 6.07) is 8.41. The fourth-order valence-electron chi connectivity index (χ4n) is 1.83. The number of nitrogens with zero attached hydrogens (tertiary/aromatic N) is 1. The number of aryl methyl sites for hydroxylation is 2. The lowest BCUT2D eigenvalue weighted by atomic mass is 10.1. The Bertz CT molecular complexity index is 658. The van der Waals surface area contributed by atoms with Gasteiger partial charge in [-0.1, -0.05) is 0 Å². The Morgan fingerprint density at radius 1 is 1.18 bits per heavy atom. The summed E-state index contributed by atoms with van der Waals surface area (Å²) in [6.07, 6.45) is 0. The molecular formula is C13H11BrN2S.